The highest BCUT2D eigenvalue weighted by molar-refractivity contribution is 5.92. The van der Waals surface area contributed by atoms with Gasteiger partial charge in [-0.1, -0.05) is 6.92 Å². The highest BCUT2D eigenvalue weighted by Crippen LogP contribution is 2.61. The molecule has 2 aliphatic heterocycles. The minimum absolute atomic E-state index is 0.206. The average Bonchev–Trinajstić information content (AvgIpc) is 3.43. The molecule has 0 aromatic rings. The summed E-state index contributed by atoms with van der Waals surface area (Å²) in [5.74, 6) is -2.79. The zero-order valence-corrected chi connectivity index (χ0v) is 18.0. The zero-order chi connectivity index (χ0) is 22.1. The summed E-state index contributed by atoms with van der Waals surface area (Å²) in [7, 11) is 0. The minimum atomic E-state index is -1.63. The molecule has 5 atom stereocenters. The van der Waals surface area contributed by atoms with E-state index < -0.39 is 40.8 Å². The van der Waals surface area contributed by atoms with Crippen molar-refractivity contribution < 1.29 is 38.4 Å². The number of hydrogen-bond donors (Lipinski definition) is 1. The minimum Gasteiger partial charge on any atom is -0.486 e. The molecule has 0 spiro atoms. The number of aliphatic hydroxyl groups is 1. The lowest BCUT2D eigenvalue weighted by molar-refractivity contribution is -0.246. The van der Waals surface area contributed by atoms with Crippen molar-refractivity contribution in [3.8, 4) is 0 Å². The molecule has 2 heterocycles. The van der Waals surface area contributed by atoms with Crippen LogP contribution >= 0.6 is 0 Å². The van der Waals surface area contributed by atoms with Gasteiger partial charge in [-0.2, -0.15) is 0 Å². The second-order valence-electron chi connectivity index (χ2n) is 9.41. The summed E-state index contributed by atoms with van der Waals surface area (Å²) in [6, 6.07) is 0. The highest BCUT2D eigenvalue weighted by atomic mass is 16.7. The molecule has 1 unspecified atom stereocenters. The molecule has 0 radical (unpaired) electrons. The molecule has 0 bridgehead atoms. The summed E-state index contributed by atoms with van der Waals surface area (Å²) >= 11 is 0. The van der Waals surface area contributed by atoms with Gasteiger partial charge in [-0.05, 0) is 45.4 Å². The molecule has 164 valence electrons. The van der Waals surface area contributed by atoms with Crippen LogP contribution in [-0.2, 0) is 33.3 Å². The first-order chi connectivity index (χ1) is 13.9. The third kappa shape index (κ3) is 3.12. The van der Waals surface area contributed by atoms with Gasteiger partial charge in [-0.3, -0.25) is 4.79 Å². The van der Waals surface area contributed by atoms with Crippen molar-refractivity contribution in [3.05, 3.63) is 22.5 Å². The maximum absolute atomic E-state index is 12.6. The number of fused-ring (bicyclic) bond motifs is 2. The SMILES string of the molecule is CC(=O)O[C@@]1(C)C2CC3=C(C)C(=O)O[C@@]3(O)C[C@@]2(C)CC[C@H]1OC(=O)/C(C)=C1/CO1. The van der Waals surface area contributed by atoms with Crippen LogP contribution < -0.4 is 0 Å². The normalized spacial score (nSPS) is 41.2. The summed E-state index contributed by atoms with van der Waals surface area (Å²) in [5, 5.41) is 11.0. The number of carbonyl (C=O) groups is 3. The summed E-state index contributed by atoms with van der Waals surface area (Å²) < 4.78 is 22.1. The molecule has 0 amide bonds. The van der Waals surface area contributed by atoms with Crippen molar-refractivity contribution in [1.29, 1.82) is 0 Å². The fraction of sp³-hybridized carbons (Fsp3) is 0.682. The lowest BCUT2D eigenvalue weighted by Crippen LogP contribution is -2.63. The van der Waals surface area contributed by atoms with Gasteiger partial charge in [-0.25, -0.2) is 9.59 Å². The van der Waals surface area contributed by atoms with Crippen LogP contribution in [0.15, 0.2) is 22.5 Å². The molecule has 4 aliphatic rings. The van der Waals surface area contributed by atoms with Crippen LogP contribution in [0.1, 0.15) is 60.3 Å². The fourth-order valence-corrected chi connectivity index (χ4v) is 5.62. The molecule has 1 saturated heterocycles. The van der Waals surface area contributed by atoms with Crippen LogP contribution in [0.4, 0.5) is 0 Å². The van der Waals surface area contributed by atoms with Gasteiger partial charge in [0, 0.05) is 30.4 Å². The quantitative estimate of drug-likeness (QED) is 0.320. The van der Waals surface area contributed by atoms with Gasteiger partial charge in [0.15, 0.2) is 0 Å². The predicted octanol–water partition coefficient (Wildman–Crippen LogP) is 2.30. The first-order valence-electron chi connectivity index (χ1n) is 10.3. The zero-order valence-electron chi connectivity index (χ0n) is 18.0. The Balaban J connectivity index is 1.70. The molecule has 8 heteroatoms. The molecule has 8 nitrogen and oxygen atoms in total. The summed E-state index contributed by atoms with van der Waals surface area (Å²) in [4.78, 5) is 36.8. The molecule has 1 N–H and O–H groups in total. The lowest BCUT2D eigenvalue weighted by Gasteiger charge is -2.58. The second-order valence-corrected chi connectivity index (χ2v) is 9.41. The van der Waals surface area contributed by atoms with E-state index in [0.717, 1.165) is 0 Å². The third-order valence-electron chi connectivity index (χ3n) is 7.32. The molecule has 2 aliphatic carbocycles. The van der Waals surface area contributed by atoms with E-state index in [4.69, 9.17) is 18.9 Å². The monoisotopic (exact) mass is 420 g/mol. The van der Waals surface area contributed by atoms with Crippen molar-refractivity contribution >= 4 is 17.9 Å². The number of hydrogen-bond acceptors (Lipinski definition) is 8. The van der Waals surface area contributed by atoms with E-state index in [1.54, 1.807) is 20.8 Å². The Kier molecular flexibility index (Phi) is 4.58. The standard InChI is InChI=1S/C22H28O8/c1-11-14-8-16-20(4,10-22(14,26)30-19(11)25)7-6-17(21(16,5)29-13(3)23)28-18(24)12(2)15-9-27-15/h16-17,26H,6-10H2,1-5H3/b15-12-/t16?,17-,20-,21+,22+/m1/s1. The summed E-state index contributed by atoms with van der Waals surface area (Å²) in [5.41, 5.74) is -0.284. The topological polar surface area (TPSA) is 112 Å². The summed E-state index contributed by atoms with van der Waals surface area (Å²) in [6.07, 6.45) is 0.925. The maximum Gasteiger partial charge on any atom is 0.337 e. The van der Waals surface area contributed by atoms with E-state index in [9.17, 15) is 19.5 Å². The third-order valence-corrected chi connectivity index (χ3v) is 7.32. The number of ether oxygens (including phenoxy) is 4. The van der Waals surface area contributed by atoms with E-state index >= 15 is 0 Å². The van der Waals surface area contributed by atoms with Crippen LogP contribution in [0, 0.1) is 11.3 Å². The van der Waals surface area contributed by atoms with Gasteiger partial charge in [0.25, 0.3) is 0 Å². The van der Waals surface area contributed by atoms with E-state index in [1.165, 1.54) is 6.92 Å². The van der Waals surface area contributed by atoms with Crippen LogP contribution in [0.2, 0.25) is 0 Å². The Morgan fingerprint density at radius 3 is 2.50 bits per heavy atom. The van der Waals surface area contributed by atoms with Crippen molar-refractivity contribution in [2.75, 3.05) is 6.61 Å². The van der Waals surface area contributed by atoms with Crippen LogP contribution in [-0.4, -0.2) is 47.1 Å². The molecule has 30 heavy (non-hydrogen) atoms. The van der Waals surface area contributed by atoms with E-state index in [0.29, 0.717) is 48.3 Å². The second kappa shape index (κ2) is 6.57. The fourth-order valence-electron chi connectivity index (χ4n) is 5.62. The molecule has 0 aromatic heterocycles. The number of carbonyl (C=O) groups excluding carboxylic acids is 3. The number of esters is 3. The Labute approximate surface area is 175 Å². The van der Waals surface area contributed by atoms with Crippen molar-refractivity contribution in [3.63, 3.8) is 0 Å². The molecule has 2 saturated carbocycles. The predicted molar refractivity (Wildman–Crippen MR) is 103 cm³/mol. The van der Waals surface area contributed by atoms with Gasteiger partial charge >= 0.3 is 17.9 Å². The van der Waals surface area contributed by atoms with Gasteiger partial charge in [-0.15, -0.1) is 0 Å². The van der Waals surface area contributed by atoms with Crippen LogP contribution in [0.3, 0.4) is 0 Å². The van der Waals surface area contributed by atoms with E-state index in [2.05, 4.69) is 0 Å². The largest absolute Gasteiger partial charge is 0.486 e. The van der Waals surface area contributed by atoms with Crippen molar-refractivity contribution in [1.82, 2.24) is 0 Å². The number of epoxide rings is 1. The molecule has 4 rings (SSSR count). The molecule has 0 aromatic carbocycles. The Morgan fingerprint density at radius 1 is 1.23 bits per heavy atom. The van der Waals surface area contributed by atoms with E-state index in [-0.39, 0.29) is 12.3 Å². The van der Waals surface area contributed by atoms with E-state index in [1.807, 2.05) is 6.92 Å². The van der Waals surface area contributed by atoms with Crippen LogP contribution in [0.25, 0.3) is 0 Å². The molecular weight excluding hydrogens is 392 g/mol. The van der Waals surface area contributed by atoms with Crippen molar-refractivity contribution in [2.45, 2.75) is 77.8 Å². The highest BCUT2D eigenvalue weighted by Gasteiger charge is 2.65. The first kappa shape index (κ1) is 20.9. The number of rotatable bonds is 3. The summed E-state index contributed by atoms with van der Waals surface area (Å²) in [6.45, 7) is 8.81. The van der Waals surface area contributed by atoms with Gasteiger partial charge in [0.1, 0.15) is 24.1 Å². The average molecular weight is 420 g/mol. The smallest absolute Gasteiger partial charge is 0.337 e. The first-order valence-corrected chi connectivity index (χ1v) is 10.3. The molecular formula is C22H28O8. The van der Waals surface area contributed by atoms with Crippen molar-refractivity contribution in [2.24, 2.45) is 11.3 Å². The lowest BCUT2D eigenvalue weighted by atomic mass is 9.52. The molecule has 3 fully saturated rings. The maximum atomic E-state index is 12.6. The van der Waals surface area contributed by atoms with Gasteiger partial charge in [0.2, 0.25) is 5.79 Å². The Bertz CT molecular complexity index is 895. The van der Waals surface area contributed by atoms with Gasteiger partial charge in [0.05, 0.1) is 5.57 Å². The Hall–Kier alpha value is -2.35. The van der Waals surface area contributed by atoms with Crippen LogP contribution in [0.5, 0.6) is 0 Å². The van der Waals surface area contributed by atoms with Gasteiger partial charge < -0.3 is 24.1 Å². The Morgan fingerprint density at radius 2 is 1.90 bits per heavy atom.